The highest BCUT2D eigenvalue weighted by atomic mass is 35.5. The van der Waals surface area contributed by atoms with Gasteiger partial charge in [-0.1, -0.05) is 35.7 Å². The van der Waals surface area contributed by atoms with Gasteiger partial charge in [-0.25, -0.2) is 4.98 Å². The minimum atomic E-state index is -0.222. The molecule has 3 heterocycles. The summed E-state index contributed by atoms with van der Waals surface area (Å²) in [5.74, 6) is 1.26. The summed E-state index contributed by atoms with van der Waals surface area (Å²) in [6, 6.07) is 10.1. The van der Waals surface area contributed by atoms with Crippen molar-refractivity contribution in [2.24, 2.45) is 5.92 Å². The van der Waals surface area contributed by atoms with E-state index in [0.717, 1.165) is 31.7 Å². The Kier molecular flexibility index (Phi) is 7.59. The molecule has 2 aliphatic heterocycles. The fraction of sp³-hybridized carbons (Fsp3) is 0.520. The van der Waals surface area contributed by atoms with Gasteiger partial charge in [-0.15, -0.1) is 0 Å². The van der Waals surface area contributed by atoms with E-state index in [1.807, 2.05) is 0 Å². The van der Waals surface area contributed by atoms with E-state index in [4.69, 9.17) is 23.2 Å². The number of piperidine rings is 2. The van der Waals surface area contributed by atoms with Gasteiger partial charge in [0.05, 0.1) is 10.7 Å². The lowest BCUT2D eigenvalue weighted by molar-refractivity contribution is 0.0785. The molecule has 7 heteroatoms. The Bertz CT molecular complexity index is 935. The van der Waals surface area contributed by atoms with Gasteiger partial charge in [0.1, 0.15) is 0 Å². The molecule has 0 spiro atoms. The molecule has 32 heavy (non-hydrogen) atoms. The van der Waals surface area contributed by atoms with E-state index in [1.165, 1.54) is 25.8 Å². The van der Waals surface area contributed by atoms with Gasteiger partial charge in [0, 0.05) is 48.5 Å². The van der Waals surface area contributed by atoms with Crippen LogP contribution in [0.4, 0.5) is 11.5 Å². The SMILES string of the molecule is CC1CCC[C@@H](C)N1CC1CCN(c2ncc(Cl)cc2NC(=O)c2cccc(Cl)c2)CC1. The first-order chi connectivity index (χ1) is 15.4. The summed E-state index contributed by atoms with van der Waals surface area (Å²) < 4.78 is 0. The minimum absolute atomic E-state index is 0.222. The number of amides is 1. The standard InChI is InChI=1S/C25H32Cl2N4O/c1-17-5-3-6-18(2)31(17)16-19-9-11-30(12-10-19)24-23(14-22(27)15-28-24)29-25(32)20-7-4-8-21(26)13-20/h4,7-8,13-15,17-19H,3,5-6,9-12,16H2,1-2H3,(H,29,32)/t17-,18?/m1/s1. The number of carbonyl (C=O) groups excluding carboxylic acids is 1. The van der Waals surface area contributed by atoms with Gasteiger partial charge in [0.15, 0.2) is 5.82 Å². The highest BCUT2D eigenvalue weighted by Gasteiger charge is 2.29. The molecule has 1 aromatic heterocycles. The van der Waals surface area contributed by atoms with Crippen molar-refractivity contribution in [3.05, 3.63) is 52.1 Å². The zero-order valence-electron chi connectivity index (χ0n) is 18.9. The summed E-state index contributed by atoms with van der Waals surface area (Å²) in [6.07, 6.45) is 7.88. The van der Waals surface area contributed by atoms with Crippen LogP contribution in [-0.2, 0) is 0 Å². The number of benzene rings is 1. The molecule has 0 saturated carbocycles. The van der Waals surface area contributed by atoms with Crippen molar-refractivity contribution in [1.82, 2.24) is 9.88 Å². The third-order valence-corrected chi connectivity index (χ3v) is 7.37. The maximum absolute atomic E-state index is 12.8. The highest BCUT2D eigenvalue weighted by molar-refractivity contribution is 6.31. The number of hydrogen-bond donors (Lipinski definition) is 1. The van der Waals surface area contributed by atoms with Crippen molar-refractivity contribution < 1.29 is 4.79 Å². The topological polar surface area (TPSA) is 48.5 Å². The Morgan fingerprint density at radius 2 is 1.78 bits per heavy atom. The van der Waals surface area contributed by atoms with Crippen LogP contribution in [-0.4, -0.2) is 47.5 Å². The van der Waals surface area contributed by atoms with E-state index in [9.17, 15) is 4.79 Å². The second-order valence-corrected chi connectivity index (χ2v) is 10.1. The lowest BCUT2D eigenvalue weighted by atomic mass is 9.91. The number of nitrogens with one attached hydrogen (secondary N) is 1. The van der Waals surface area contributed by atoms with Crippen LogP contribution in [0, 0.1) is 5.92 Å². The summed E-state index contributed by atoms with van der Waals surface area (Å²) in [4.78, 5) is 22.3. The van der Waals surface area contributed by atoms with Crippen LogP contribution < -0.4 is 10.2 Å². The van der Waals surface area contributed by atoms with E-state index in [0.29, 0.717) is 39.3 Å². The maximum atomic E-state index is 12.8. The number of carbonyl (C=O) groups is 1. The van der Waals surface area contributed by atoms with Gasteiger partial charge >= 0.3 is 0 Å². The van der Waals surface area contributed by atoms with Crippen molar-refractivity contribution in [2.75, 3.05) is 29.9 Å². The predicted octanol–water partition coefficient (Wildman–Crippen LogP) is 6.12. The van der Waals surface area contributed by atoms with Crippen LogP contribution in [0.2, 0.25) is 10.0 Å². The largest absolute Gasteiger partial charge is 0.355 e. The second kappa shape index (κ2) is 10.4. The maximum Gasteiger partial charge on any atom is 0.255 e. The highest BCUT2D eigenvalue weighted by Crippen LogP contribution is 2.32. The Balaban J connectivity index is 1.42. The third-order valence-electron chi connectivity index (χ3n) is 6.93. The smallest absolute Gasteiger partial charge is 0.255 e. The number of pyridine rings is 1. The van der Waals surface area contributed by atoms with Crippen LogP contribution in [0.15, 0.2) is 36.5 Å². The molecule has 2 saturated heterocycles. The molecule has 2 fully saturated rings. The van der Waals surface area contributed by atoms with E-state index in [1.54, 1.807) is 36.5 Å². The summed E-state index contributed by atoms with van der Waals surface area (Å²) in [7, 11) is 0. The van der Waals surface area contributed by atoms with Gasteiger partial charge in [0.2, 0.25) is 0 Å². The Hall–Kier alpha value is -1.82. The lowest BCUT2D eigenvalue weighted by Crippen LogP contribution is -2.48. The molecule has 1 N–H and O–H groups in total. The molecule has 4 rings (SSSR count). The van der Waals surface area contributed by atoms with Crippen LogP contribution in [0.1, 0.15) is 56.3 Å². The first-order valence-electron chi connectivity index (χ1n) is 11.6. The molecular formula is C25H32Cl2N4O. The molecule has 5 nitrogen and oxygen atoms in total. The number of rotatable bonds is 5. The molecule has 1 unspecified atom stereocenters. The monoisotopic (exact) mass is 474 g/mol. The number of aromatic nitrogens is 1. The molecule has 1 amide bonds. The first kappa shape index (κ1) is 23.3. The third kappa shape index (κ3) is 5.56. The average Bonchev–Trinajstić information content (AvgIpc) is 2.77. The van der Waals surface area contributed by atoms with Crippen molar-refractivity contribution in [2.45, 2.75) is 58.0 Å². The van der Waals surface area contributed by atoms with Crippen molar-refractivity contribution in [3.63, 3.8) is 0 Å². The lowest BCUT2D eigenvalue weighted by Gasteiger charge is -2.43. The number of likely N-dealkylation sites (tertiary alicyclic amines) is 1. The Morgan fingerprint density at radius 3 is 2.47 bits per heavy atom. The summed E-state index contributed by atoms with van der Waals surface area (Å²) in [6.45, 7) is 7.78. The molecule has 2 aliphatic rings. The van der Waals surface area contributed by atoms with Crippen LogP contribution in [0.25, 0.3) is 0 Å². The number of nitrogens with zero attached hydrogens (tertiary/aromatic N) is 3. The minimum Gasteiger partial charge on any atom is -0.355 e. The van der Waals surface area contributed by atoms with Gasteiger partial charge in [0.25, 0.3) is 5.91 Å². The molecule has 0 aliphatic carbocycles. The van der Waals surface area contributed by atoms with Gasteiger partial charge < -0.3 is 10.2 Å². The number of halogens is 2. The summed E-state index contributed by atoms with van der Waals surface area (Å²) in [5.41, 5.74) is 1.14. The summed E-state index contributed by atoms with van der Waals surface area (Å²) in [5, 5.41) is 4.01. The van der Waals surface area contributed by atoms with Crippen molar-refractivity contribution in [1.29, 1.82) is 0 Å². The van der Waals surface area contributed by atoms with Gasteiger partial charge in [-0.05, 0) is 69.7 Å². The number of anilines is 2. The molecule has 0 radical (unpaired) electrons. The quantitative estimate of drug-likeness (QED) is 0.566. The van der Waals surface area contributed by atoms with Gasteiger partial charge in [-0.2, -0.15) is 0 Å². The van der Waals surface area contributed by atoms with E-state index in [2.05, 4.69) is 33.9 Å². The Labute approximate surface area is 201 Å². The molecule has 0 bridgehead atoms. The van der Waals surface area contributed by atoms with Gasteiger partial charge in [-0.3, -0.25) is 9.69 Å². The zero-order chi connectivity index (χ0) is 22.7. The molecule has 172 valence electrons. The van der Waals surface area contributed by atoms with Crippen molar-refractivity contribution in [3.8, 4) is 0 Å². The number of hydrogen-bond acceptors (Lipinski definition) is 4. The summed E-state index contributed by atoms with van der Waals surface area (Å²) >= 11 is 12.3. The van der Waals surface area contributed by atoms with E-state index < -0.39 is 0 Å². The van der Waals surface area contributed by atoms with Crippen molar-refractivity contribution >= 4 is 40.6 Å². The van der Waals surface area contributed by atoms with Crippen LogP contribution in [0.5, 0.6) is 0 Å². The van der Waals surface area contributed by atoms with Crippen LogP contribution in [0.3, 0.4) is 0 Å². The molecular weight excluding hydrogens is 443 g/mol. The molecule has 2 aromatic rings. The molecule has 1 aromatic carbocycles. The Morgan fingerprint density at radius 1 is 1.06 bits per heavy atom. The second-order valence-electron chi connectivity index (χ2n) is 9.25. The zero-order valence-corrected chi connectivity index (χ0v) is 20.4. The average molecular weight is 475 g/mol. The van der Waals surface area contributed by atoms with E-state index in [-0.39, 0.29) is 5.91 Å². The fourth-order valence-electron chi connectivity index (χ4n) is 5.06. The predicted molar refractivity (Wildman–Crippen MR) is 133 cm³/mol. The molecule has 2 atom stereocenters. The van der Waals surface area contributed by atoms with Crippen LogP contribution >= 0.6 is 23.2 Å². The first-order valence-corrected chi connectivity index (χ1v) is 12.4. The normalized spacial score (nSPS) is 22.7. The fourth-order valence-corrected chi connectivity index (χ4v) is 5.41. The van der Waals surface area contributed by atoms with E-state index >= 15 is 0 Å².